The molecule has 4 heteroatoms. The third-order valence-electron chi connectivity index (χ3n) is 1.62. The smallest absolute Gasteiger partial charge is 0.161 e. The van der Waals surface area contributed by atoms with Gasteiger partial charge in [0.05, 0.1) is 10.7 Å². The predicted molar refractivity (Wildman–Crippen MR) is 63.4 cm³/mol. The maximum Gasteiger partial charge on any atom is 0.161 e. The Morgan fingerprint density at radius 3 is 2.62 bits per heavy atom. The van der Waals surface area contributed by atoms with Gasteiger partial charge < -0.3 is 4.74 Å². The molecular weight excluding hydrogens is 347 g/mol. The van der Waals surface area contributed by atoms with Crippen molar-refractivity contribution in [1.29, 1.82) is 0 Å². The molecule has 0 aliphatic carbocycles. The van der Waals surface area contributed by atoms with E-state index >= 15 is 0 Å². The van der Waals surface area contributed by atoms with Gasteiger partial charge in [0.15, 0.2) is 5.78 Å². The van der Waals surface area contributed by atoms with Crippen LogP contribution in [-0.4, -0.2) is 12.9 Å². The highest BCUT2D eigenvalue weighted by Gasteiger charge is 2.09. The van der Waals surface area contributed by atoms with Crippen LogP contribution in [0.25, 0.3) is 0 Å². The summed E-state index contributed by atoms with van der Waals surface area (Å²) in [6.07, 6.45) is 0. The lowest BCUT2D eigenvalue weighted by Gasteiger charge is -2.06. The molecule has 0 saturated carbocycles. The largest absolute Gasteiger partial charge is 0.496 e. The molecule has 0 aromatic heterocycles. The Bertz CT molecular complexity index is 350. The van der Waals surface area contributed by atoms with Gasteiger partial charge in [-0.25, -0.2) is 0 Å². The van der Waals surface area contributed by atoms with Crippen molar-refractivity contribution in [3.63, 3.8) is 0 Å². The second-order valence-electron chi connectivity index (χ2n) is 2.52. The minimum atomic E-state index is 0.0292. The van der Waals surface area contributed by atoms with E-state index in [9.17, 15) is 4.79 Å². The molecule has 70 valence electrons. The van der Waals surface area contributed by atoms with Crippen molar-refractivity contribution in [1.82, 2.24) is 0 Å². The molecule has 0 atom stereocenters. The highest BCUT2D eigenvalue weighted by molar-refractivity contribution is 14.1. The zero-order chi connectivity index (χ0) is 10.0. The summed E-state index contributed by atoms with van der Waals surface area (Å²) in [7, 11) is 1.59. The lowest BCUT2D eigenvalue weighted by molar-refractivity contribution is 0.101. The number of rotatable bonds is 2. The zero-order valence-electron chi connectivity index (χ0n) is 7.23. The molecule has 0 N–H and O–H groups in total. The molecule has 2 nitrogen and oxygen atoms in total. The van der Waals surface area contributed by atoms with Gasteiger partial charge in [0.2, 0.25) is 0 Å². The van der Waals surface area contributed by atoms with Crippen LogP contribution in [0.4, 0.5) is 0 Å². The quantitative estimate of drug-likeness (QED) is 0.602. The number of hydrogen-bond donors (Lipinski definition) is 0. The van der Waals surface area contributed by atoms with Crippen LogP contribution in [0.5, 0.6) is 5.75 Å². The van der Waals surface area contributed by atoms with Gasteiger partial charge in [0.25, 0.3) is 0 Å². The normalized spacial score (nSPS) is 9.85. The second kappa shape index (κ2) is 4.41. The van der Waals surface area contributed by atoms with E-state index in [1.165, 1.54) is 6.92 Å². The zero-order valence-corrected chi connectivity index (χ0v) is 11.0. The molecular formula is C9H8BrIO2. The van der Waals surface area contributed by atoms with Crippen molar-refractivity contribution in [2.75, 3.05) is 7.11 Å². The van der Waals surface area contributed by atoms with E-state index in [1.807, 2.05) is 6.07 Å². The molecule has 0 aliphatic heterocycles. The molecule has 0 radical (unpaired) electrons. The van der Waals surface area contributed by atoms with Crippen molar-refractivity contribution < 1.29 is 9.53 Å². The topological polar surface area (TPSA) is 26.3 Å². The van der Waals surface area contributed by atoms with Gasteiger partial charge in [-0.2, -0.15) is 0 Å². The van der Waals surface area contributed by atoms with Gasteiger partial charge in [0, 0.05) is 10.0 Å². The Hall–Kier alpha value is -0.100. The number of methoxy groups -OCH3 is 1. The van der Waals surface area contributed by atoms with Crippen molar-refractivity contribution in [3.8, 4) is 5.75 Å². The van der Waals surface area contributed by atoms with Crippen LogP contribution in [0, 0.1) is 3.57 Å². The summed E-state index contributed by atoms with van der Waals surface area (Å²) in [6.45, 7) is 1.53. The molecule has 0 spiro atoms. The van der Waals surface area contributed by atoms with Crippen molar-refractivity contribution >= 4 is 44.3 Å². The number of carbonyl (C=O) groups excluding carboxylic acids is 1. The van der Waals surface area contributed by atoms with Crippen LogP contribution in [0.15, 0.2) is 16.6 Å². The average Bonchev–Trinajstić information content (AvgIpc) is 2.03. The Kier molecular flexibility index (Phi) is 3.73. The number of hydrogen-bond acceptors (Lipinski definition) is 2. The fourth-order valence-corrected chi connectivity index (χ4v) is 2.69. The van der Waals surface area contributed by atoms with E-state index in [-0.39, 0.29) is 5.78 Å². The van der Waals surface area contributed by atoms with Gasteiger partial charge in [-0.05, 0) is 41.6 Å². The fourth-order valence-electron chi connectivity index (χ4n) is 0.955. The van der Waals surface area contributed by atoms with E-state index in [0.717, 1.165) is 13.8 Å². The maximum atomic E-state index is 11.2. The molecule has 0 amide bonds. The second-order valence-corrected chi connectivity index (χ2v) is 4.54. The summed E-state index contributed by atoms with van der Waals surface area (Å²) in [4.78, 5) is 11.2. The first kappa shape index (κ1) is 11.0. The molecule has 0 bridgehead atoms. The van der Waals surface area contributed by atoms with E-state index in [0.29, 0.717) is 5.56 Å². The maximum absolute atomic E-state index is 11.2. The van der Waals surface area contributed by atoms with Gasteiger partial charge in [-0.15, -0.1) is 0 Å². The number of Topliss-reactive ketones (excluding diaryl/α,β-unsaturated/α-hetero) is 1. The lowest BCUT2D eigenvalue weighted by Crippen LogP contribution is -1.96. The highest BCUT2D eigenvalue weighted by Crippen LogP contribution is 2.28. The lowest BCUT2D eigenvalue weighted by atomic mass is 10.1. The van der Waals surface area contributed by atoms with E-state index < -0.39 is 0 Å². The summed E-state index contributed by atoms with van der Waals surface area (Å²) >= 11 is 5.49. The summed E-state index contributed by atoms with van der Waals surface area (Å²) in [5, 5.41) is 0. The molecule has 0 fully saturated rings. The van der Waals surface area contributed by atoms with Crippen molar-refractivity contribution in [2.45, 2.75) is 6.92 Å². The van der Waals surface area contributed by atoms with Gasteiger partial charge in [-0.1, -0.05) is 15.9 Å². The van der Waals surface area contributed by atoms with Crippen molar-refractivity contribution in [2.24, 2.45) is 0 Å². The molecule has 0 saturated heterocycles. The third-order valence-corrected chi connectivity index (χ3v) is 3.12. The van der Waals surface area contributed by atoms with Crippen molar-refractivity contribution in [3.05, 3.63) is 25.7 Å². The van der Waals surface area contributed by atoms with E-state index in [4.69, 9.17) is 4.74 Å². The Balaban J connectivity index is 3.30. The number of ketones is 1. The molecule has 0 unspecified atom stereocenters. The molecule has 0 heterocycles. The first-order valence-corrected chi connectivity index (χ1v) is 5.47. The monoisotopic (exact) mass is 354 g/mol. The minimum absolute atomic E-state index is 0.0292. The Morgan fingerprint density at radius 1 is 1.54 bits per heavy atom. The molecule has 1 aromatic carbocycles. The number of benzene rings is 1. The van der Waals surface area contributed by atoms with Gasteiger partial charge >= 0.3 is 0 Å². The predicted octanol–water partition coefficient (Wildman–Crippen LogP) is 3.26. The third kappa shape index (κ3) is 2.43. The Labute approximate surface area is 98.9 Å². The molecule has 1 aromatic rings. The van der Waals surface area contributed by atoms with Crippen LogP contribution in [0.2, 0.25) is 0 Å². The van der Waals surface area contributed by atoms with E-state index in [2.05, 4.69) is 38.5 Å². The standard InChI is InChI=1S/C9H8BrIO2/c1-5(12)6-3-9(13-2)8(11)4-7(6)10/h3-4H,1-2H3. The van der Waals surface area contributed by atoms with Crippen LogP contribution in [0.3, 0.4) is 0 Å². The fraction of sp³-hybridized carbons (Fsp3) is 0.222. The van der Waals surface area contributed by atoms with E-state index in [1.54, 1.807) is 13.2 Å². The summed E-state index contributed by atoms with van der Waals surface area (Å²) in [5.41, 5.74) is 0.650. The summed E-state index contributed by atoms with van der Waals surface area (Å²) < 4.78 is 6.90. The van der Waals surface area contributed by atoms with Gasteiger partial charge in [-0.3, -0.25) is 4.79 Å². The Morgan fingerprint density at radius 2 is 2.15 bits per heavy atom. The van der Waals surface area contributed by atoms with Crippen LogP contribution in [0.1, 0.15) is 17.3 Å². The molecule has 13 heavy (non-hydrogen) atoms. The number of ether oxygens (including phenoxy) is 1. The van der Waals surface area contributed by atoms with Gasteiger partial charge in [0.1, 0.15) is 5.75 Å². The average molecular weight is 355 g/mol. The summed E-state index contributed by atoms with van der Waals surface area (Å²) in [6, 6.07) is 3.62. The first-order chi connectivity index (χ1) is 6.06. The molecule has 0 aliphatic rings. The van der Waals surface area contributed by atoms with Crippen LogP contribution in [-0.2, 0) is 0 Å². The number of halogens is 2. The summed E-state index contributed by atoms with van der Waals surface area (Å²) in [5.74, 6) is 0.760. The first-order valence-electron chi connectivity index (χ1n) is 3.60. The van der Waals surface area contributed by atoms with Crippen LogP contribution < -0.4 is 4.74 Å². The van der Waals surface area contributed by atoms with Crippen LogP contribution >= 0.6 is 38.5 Å². The minimum Gasteiger partial charge on any atom is -0.496 e. The number of carbonyl (C=O) groups is 1. The highest BCUT2D eigenvalue weighted by atomic mass is 127. The molecule has 1 rings (SSSR count). The SMILES string of the molecule is COc1cc(C(C)=O)c(Br)cc1I.